The molecular formula is C22H41N3O+2. The average molecular weight is 364 g/mol. The summed E-state index contributed by atoms with van der Waals surface area (Å²) in [5.41, 5.74) is 3.59. The number of amides is 1. The van der Waals surface area contributed by atoms with Gasteiger partial charge >= 0.3 is 0 Å². The van der Waals surface area contributed by atoms with Crippen LogP contribution in [0.3, 0.4) is 0 Å². The molecule has 1 rings (SSSR count). The minimum atomic E-state index is 0.0137. The zero-order valence-electron chi connectivity index (χ0n) is 18.2. The quantitative estimate of drug-likeness (QED) is 0.471. The molecule has 0 bridgehead atoms. The van der Waals surface area contributed by atoms with Gasteiger partial charge in [-0.3, -0.25) is 4.79 Å². The highest BCUT2D eigenvalue weighted by atomic mass is 16.1. The first-order valence-electron chi connectivity index (χ1n) is 9.97. The van der Waals surface area contributed by atoms with E-state index in [0.29, 0.717) is 0 Å². The van der Waals surface area contributed by atoms with Gasteiger partial charge in [-0.15, -0.1) is 0 Å². The number of rotatable bonds is 11. The van der Waals surface area contributed by atoms with Gasteiger partial charge in [0.1, 0.15) is 0 Å². The lowest BCUT2D eigenvalue weighted by molar-refractivity contribution is -0.870. The van der Waals surface area contributed by atoms with Crippen LogP contribution in [0.1, 0.15) is 43.7 Å². The van der Waals surface area contributed by atoms with Gasteiger partial charge < -0.3 is 14.3 Å². The molecule has 0 spiro atoms. The predicted octanol–water partition coefficient (Wildman–Crippen LogP) is 3.70. The summed E-state index contributed by atoms with van der Waals surface area (Å²) in [4.78, 5) is 11.6. The maximum atomic E-state index is 11.6. The van der Waals surface area contributed by atoms with Gasteiger partial charge in [0, 0.05) is 12.6 Å². The monoisotopic (exact) mass is 363 g/mol. The van der Waals surface area contributed by atoms with Crippen LogP contribution in [0.25, 0.3) is 0 Å². The molecule has 1 amide bonds. The molecule has 148 valence electrons. The Bertz CT molecular complexity index is 568. The second-order valence-corrected chi connectivity index (χ2v) is 9.61. The van der Waals surface area contributed by atoms with E-state index in [-0.39, 0.29) is 5.91 Å². The highest BCUT2D eigenvalue weighted by Crippen LogP contribution is 2.22. The predicted molar refractivity (Wildman–Crippen MR) is 112 cm³/mol. The van der Waals surface area contributed by atoms with Gasteiger partial charge in [0.25, 0.3) is 0 Å². The van der Waals surface area contributed by atoms with Crippen LogP contribution in [0.2, 0.25) is 0 Å². The lowest BCUT2D eigenvalue weighted by atomic mass is 10.0. The van der Waals surface area contributed by atoms with Crippen LogP contribution < -0.4 is 5.32 Å². The van der Waals surface area contributed by atoms with Crippen molar-refractivity contribution >= 4 is 11.6 Å². The molecule has 0 aliphatic heterocycles. The van der Waals surface area contributed by atoms with Gasteiger partial charge in [-0.05, 0) is 55.7 Å². The molecule has 0 saturated heterocycles. The number of nitrogens with zero attached hydrogens (tertiary/aromatic N) is 2. The average Bonchev–Trinajstić information content (AvgIpc) is 2.47. The Labute approximate surface area is 161 Å². The highest BCUT2D eigenvalue weighted by Gasteiger charge is 2.10. The maximum absolute atomic E-state index is 11.6. The molecule has 0 fully saturated rings. The summed E-state index contributed by atoms with van der Waals surface area (Å²) in [5.74, 6) is 0.0137. The third-order valence-corrected chi connectivity index (χ3v) is 4.55. The van der Waals surface area contributed by atoms with Crippen molar-refractivity contribution in [1.29, 1.82) is 0 Å². The summed E-state index contributed by atoms with van der Waals surface area (Å²) in [7, 11) is 13.4. The van der Waals surface area contributed by atoms with E-state index in [2.05, 4.69) is 65.8 Å². The van der Waals surface area contributed by atoms with Crippen molar-refractivity contribution in [3.05, 3.63) is 29.3 Å². The Kier molecular flexibility index (Phi) is 8.78. The van der Waals surface area contributed by atoms with E-state index in [9.17, 15) is 4.79 Å². The third-order valence-electron chi connectivity index (χ3n) is 4.55. The Balaban J connectivity index is 2.63. The molecule has 0 radical (unpaired) electrons. The minimum Gasteiger partial charge on any atom is -0.331 e. The number of unbranched alkanes of at least 4 members (excludes halogenated alkanes) is 2. The number of carbonyl (C=O) groups excluding carboxylic acids is 1. The van der Waals surface area contributed by atoms with Gasteiger partial charge in [0.15, 0.2) is 0 Å². The van der Waals surface area contributed by atoms with Crippen LogP contribution in [-0.4, -0.2) is 70.2 Å². The van der Waals surface area contributed by atoms with Crippen LogP contribution in [0.4, 0.5) is 5.69 Å². The van der Waals surface area contributed by atoms with Crippen LogP contribution in [0.15, 0.2) is 18.2 Å². The third kappa shape index (κ3) is 10.6. The molecule has 0 unspecified atom stereocenters. The number of carbonyl (C=O) groups is 1. The Hall–Kier alpha value is -1.39. The summed E-state index contributed by atoms with van der Waals surface area (Å²) < 4.78 is 2.02. The topological polar surface area (TPSA) is 29.1 Å². The van der Waals surface area contributed by atoms with Gasteiger partial charge in [-0.25, -0.2) is 0 Å². The Morgan fingerprint density at radius 3 is 1.88 bits per heavy atom. The normalized spacial score (nSPS) is 12.3. The molecule has 1 N–H and O–H groups in total. The Morgan fingerprint density at radius 2 is 1.38 bits per heavy atom. The van der Waals surface area contributed by atoms with Crippen molar-refractivity contribution in [2.45, 2.75) is 45.4 Å². The molecule has 0 aliphatic carbocycles. The van der Waals surface area contributed by atoms with E-state index >= 15 is 0 Å². The van der Waals surface area contributed by atoms with E-state index in [1.165, 1.54) is 43.5 Å². The maximum Gasteiger partial charge on any atom is 0.221 e. The van der Waals surface area contributed by atoms with E-state index in [1.807, 2.05) is 0 Å². The van der Waals surface area contributed by atoms with E-state index in [4.69, 9.17) is 0 Å². The first-order chi connectivity index (χ1) is 12.0. The number of anilines is 1. The summed E-state index contributed by atoms with van der Waals surface area (Å²) in [6.45, 7) is 3.97. The molecule has 0 aliphatic rings. The molecular weight excluding hydrogens is 322 g/mol. The van der Waals surface area contributed by atoms with Crippen LogP contribution in [0.5, 0.6) is 0 Å². The number of aryl methyl sites for hydroxylation is 2. The van der Waals surface area contributed by atoms with E-state index in [1.54, 1.807) is 6.92 Å². The zero-order valence-corrected chi connectivity index (χ0v) is 18.2. The SMILES string of the molecule is CC(=O)Nc1cc(CCCC[N+](C)(C)C)ccc1CCCC[N+](C)(C)C. The lowest BCUT2D eigenvalue weighted by Gasteiger charge is -2.24. The smallest absolute Gasteiger partial charge is 0.221 e. The van der Waals surface area contributed by atoms with Crippen molar-refractivity contribution in [2.24, 2.45) is 0 Å². The molecule has 4 heteroatoms. The second-order valence-electron chi connectivity index (χ2n) is 9.61. The largest absolute Gasteiger partial charge is 0.331 e. The fourth-order valence-electron chi connectivity index (χ4n) is 3.12. The molecule has 1 aromatic rings. The number of quaternary nitrogens is 2. The van der Waals surface area contributed by atoms with Crippen LogP contribution in [0, 0.1) is 0 Å². The molecule has 1 aromatic carbocycles. The zero-order chi connectivity index (χ0) is 19.8. The molecule has 0 atom stereocenters. The summed E-state index contributed by atoms with van der Waals surface area (Å²) >= 11 is 0. The summed E-state index contributed by atoms with van der Waals surface area (Å²) in [6.07, 6.45) is 6.89. The molecule has 0 heterocycles. The lowest BCUT2D eigenvalue weighted by Crippen LogP contribution is -2.35. The van der Waals surface area contributed by atoms with Crippen LogP contribution in [-0.2, 0) is 17.6 Å². The molecule has 0 saturated carbocycles. The molecule has 4 nitrogen and oxygen atoms in total. The fourth-order valence-corrected chi connectivity index (χ4v) is 3.12. The first-order valence-corrected chi connectivity index (χ1v) is 9.97. The fraction of sp³-hybridized carbons (Fsp3) is 0.682. The number of hydrogen-bond acceptors (Lipinski definition) is 1. The van der Waals surface area contributed by atoms with Crippen molar-refractivity contribution < 1.29 is 13.8 Å². The minimum absolute atomic E-state index is 0.0137. The van der Waals surface area contributed by atoms with Gasteiger partial charge in [0.2, 0.25) is 5.91 Å². The first kappa shape index (κ1) is 22.7. The highest BCUT2D eigenvalue weighted by molar-refractivity contribution is 5.89. The summed E-state index contributed by atoms with van der Waals surface area (Å²) in [6, 6.07) is 6.64. The molecule has 26 heavy (non-hydrogen) atoms. The summed E-state index contributed by atoms with van der Waals surface area (Å²) in [5, 5.41) is 3.04. The van der Waals surface area contributed by atoms with Crippen molar-refractivity contribution in [2.75, 3.05) is 60.7 Å². The molecule has 0 aromatic heterocycles. The number of benzene rings is 1. The standard InChI is InChI=1S/C22H40N3O/c1-19(26)23-22-18-20(12-8-10-16-24(2,3)4)14-15-21(22)13-9-11-17-25(5,6)7/h14-15,18H,8-13,16-17H2,1-7H3/q+1/p+1. The van der Waals surface area contributed by atoms with Gasteiger partial charge in [-0.1, -0.05) is 12.1 Å². The second kappa shape index (κ2) is 10.1. The van der Waals surface area contributed by atoms with Crippen molar-refractivity contribution in [3.8, 4) is 0 Å². The van der Waals surface area contributed by atoms with Crippen molar-refractivity contribution in [3.63, 3.8) is 0 Å². The van der Waals surface area contributed by atoms with Gasteiger partial charge in [-0.2, -0.15) is 0 Å². The number of nitrogens with one attached hydrogen (secondary N) is 1. The number of hydrogen-bond donors (Lipinski definition) is 1. The Morgan fingerprint density at radius 1 is 0.846 bits per heavy atom. The van der Waals surface area contributed by atoms with E-state index in [0.717, 1.165) is 33.9 Å². The van der Waals surface area contributed by atoms with Gasteiger partial charge in [0.05, 0.1) is 55.4 Å². The van der Waals surface area contributed by atoms with Crippen LogP contribution >= 0.6 is 0 Å². The van der Waals surface area contributed by atoms with E-state index < -0.39 is 0 Å². The van der Waals surface area contributed by atoms with Crippen molar-refractivity contribution in [1.82, 2.24) is 0 Å².